The number of aliphatic hydroxyl groups is 1. The Balaban J connectivity index is 1.37. The topological polar surface area (TPSA) is 120 Å². The maximum absolute atomic E-state index is 12.8. The number of thioether (sulfide) groups is 2. The zero-order chi connectivity index (χ0) is 25.2. The van der Waals surface area contributed by atoms with Gasteiger partial charge in [0, 0.05) is 5.75 Å². The van der Waals surface area contributed by atoms with Crippen LogP contribution in [0.15, 0.2) is 52.0 Å². The summed E-state index contributed by atoms with van der Waals surface area (Å²) >= 11 is 4.27. The Morgan fingerprint density at radius 3 is 2.83 bits per heavy atom. The molecule has 35 heavy (non-hydrogen) atoms. The number of rotatable bonds is 10. The Bertz CT molecular complexity index is 1180. The van der Waals surface area contributed by atoms with Crippen LogP contribution in [0, 0.1) is 0 Å². The Hall–Kier alpha value is -2.38. The first-order valence-electron chi connectivity index (χ1n) is 11.0. The number of likely N-dealkylation sites (N-methyl/N-ethyl adjacent to an activating group) is 1. The number of benzene rings is 1. The van der Waals surface area contributed by atoms with Crippen molar-refractivity contribution < 1.29 is 29.1 Å². The van der Waals surface area contributed by atoms with Gasteiger partial charge in [0.25, 0.3) is 5.91 Å². The van der Waals surface area contributed by atoms with Crippen LogP contribution in [0.2, 0.25) is 0 Å². The summed E-state index contributed by atoms with van der Waals surface area (Å²) in [5, 5.41) is 21.3. The zero-order valence-corrected chi connectivity index (χ0v) is 21.8. The van der Waals surface area contributed by atoms with Crippen molar-refractivity contribution in [3.63, 3.8) is 0 Å². The molecule has 0 unspecified atom stereocenters. The first-order valence-corrected chi connectivity index (χ1v) is 13.8. The van der Waals surface area contributed by atoms with Crippen LogP contribution in [0.25, 0.3) is 10.2 Å². The number of aliphatic hydroxyl groups excluding tert-OH is 1. The number of aromatic nitrogens is 1. The van der Waals surface area contributed by atoms with Gasteiger partial charge in [-0.25, -0.2) is 9.78 Å². The van der Waals surface area contributed by atoms with Crippen LogP contribution in [0.5, 0.6) is 0 Å². The van der Waals surface area contributed by atoms with Crippen molar-refractivity contribution in [1.82, 2.24) is 15.2 Å². The molecule has 0 saturated carbocycles. The number of carbonyl (C=O) groups is 3. The van der Waals surface area contributed by atoms with Gasteiger partial charge in [-0.15, -0.1) is 23.1 Å². The van der Waals surface area contributed by atoms with E-state index in [-0.39, 0.29) is 24.0 Å². The van der Waals surface area contributed by atoms with Gasteiger partial charge in [0.1, 0.15) is 23.7 Å². The maximum Gasteiger partial charge on any atom is 0.352 e. The average molecular weight is 536 g/mol. The van der Waals surface area contributed by atoms with Gasteiger partial charge in [0.15, 0.2) is 4.34 Å². The van der Waals surface area contributed by atoms with E-state index in [0.717, 1.165) is 14.6 Å². The minimum Gasteiger partial charge on any atom is -0.477 e. The van der Waals surface area contributed by atoms with Crippen LogP contribution in [0.3, 0.4) is 0 Å². The Morgan fingerprint density at radius 1 is 1.34 bits per heavy atom. The number of β-lactam (4-membered cyclic amide) rings is 1. The number of thiazole rings is 1. The maximum atomic E-state index is 12.8. The Labute approximate surface area is 215 Å². The standard InChI is InChI=1S/C23H26N4O5S3/c1-27(2,10-11-28)9-5-6-14-12-33-21-18(20(30)26(21)19(14)22(31)32)25-17(29)13-34-23-24-15-7-3-4-8-16(15)35-23/h3-8,18,21,28H,9-13H2,1-2H3,(H-,25,29,31,32)/p+1/b6-5+/t18-,21-/m1/s1. The lowest BCUT2D eigenvalue weighted by atomic mass is 10.0. The lowest BCUT2D eigenvalue weighted by Crippen LogP contribution is -2.70. The molecule has 0 radical (unpaired) electrons. The molecule has 0 spiro atoms. The van der Waals surface area contributed by atoms with E-state index in [9.17, 15) is 19.5 Å². The number of nitrogens with one attached hydrogen (secondary N) is 1. The van der Waals surface area contributed by atoms with E-state index in [1.807, 2.05) is 44.4 Å². The van der Waals surface area contributed by atoms with E-state index in [1.165, 1.54) is 39.8 Å². The van der Waals surface area contributed by atoms with Gasteiger partial charge in [0.05, 0.1) is 43.2 Å². The number of amides is 2. The lowest BCUT2D eigenvalue weighted by molar-refractivity contribution is -0.884. The fourth-order valence-corrected chi connectivity index (χ4v) is 7.07. The first-order chi connectivity index (χ1) is 16.7. The summed E-state index contributed by atoms with van der Waals surface area (Å²) in [4.78, 5) is 43.1. The highest BCUT2D eigenvalue weighted by Gasteiger charge is 2.53. The van der Waals surface area contributed by atoms with Crippen LogP contribution in [-0.4, -0.2) is 99.1 Å². The molecular weight excluding hydrogens is 508 g/mol. The molecule has 4 rings (SSSR count). The van der Waals surface area contributed by atoms with Crippen molar-refractivity contribution in [3.8, 4) is 0 Å². The molecule has 2 atom stereocenters. The molecule has 0 aliphatic carbocycles. The summed E-state index contributed by atoms with van der Waals surface area (Å²) in [7, 11) is 3.94. The smallest absolute Gasteiger partial charge is 0.352 e. The highest BCUT2D eigenvalue weighted by Crippen LogP contribution is 2.40. The summed E-state index contributed by atoms with van der Waals surface area (Å²) < 4.78 is 2.39. The number of allylic oxidation sites excluding steroid dienone is 1. The normalized spacial score (nSPS) is 20.3. The number of aliphatic carboxylic acids is 1. The van der Waals surface area contributed by atoms with Crippen LogP contribution >= 0.6 is 34.9 Å². The van der Waals surface area contributed by atoms with Crippen LogP contribution in [-0.2, 0) is 14.4 Å². The van der Waals surface area contributed by atoms with Crippen LogP contribution < -0.4 is 5.32 Å². The molecule has 1 aromatic carbocycles. The number of carboxylic acid groups (broad SMARTS) is 1. The van der Waals surface area contributed by atoms with E-state index in [1.54, 1.807) is 6.08 Å². The molecular formula is C23H27N4O5S3+. The number of carbonyl (C=O) groups excluding carboxylic acids is 2. The van der Waals surface area contributed by atoms with Gasteiger partial charge in [0.2, 0.25) is 5.91 Å². The van der Waals surface area contributed by atoms with E-state index in [0.29, 0.717) is 28.9 Å². The second-order valence-corrected chi connectivity index (χ2v) is 12.2. The quantitative estimate of drug-likeness (QED) is 0.239. The number of hydrogen-bond donors (Lipinski definition) is 3. The molecule has 3 N–H and O–H groups in total. The predicted molar refractivity (Wildman–Crippen MR) is 138 cm³/mol. The molecule has 1 fully saturated rings. The lowest BCUT2D eigenvalue weighted by Gasteiger charge is -2.49. The molecule has 1 aromatic heterocycles. The van der Waals surface area contributed by atoms with Gasteiger partial charge < -0.3 is 20.0 Å². The number of nitrogens with zero attached hydrogens (tertiary/aromatic N) is 3. The van der Waals surface area contributed by atoms with Crippen LogP contribution in [0.4, 0.5) is 0 Å². The molecule has 0 bridgehead atoms. The third-order valence-electron chi connectivity index (χ3n) is 5.74. The highest BCUT2D eigenvalue weighted by atomic mass is 32.2. The SMILES string of the molecule is C[N+](C)(C/C=C/C1=C(C(=O)O)N2C(=O)[C@@H](NC(=O)CSc3nc4ccccc4s3)[C@H]2SC1)CCO. The summed E-state index contributed by atoms with van der Waals surface area (Å²) in [6, 6.07) is 7.01. The van der Waals surface area contributed by atoms with Gasteiger partial charge in [-0.05, 0) is 23.8 Å². The van der Waals surface area contributed by atoms with Gasteiger partial charge in [-0.2, -0.15) is 0 Å². The second kappa shape index (κ2) is 10.7. The zero-order valence-electron chi connectivity index (χ0n) is 19.3. The number of para-hydroxylation sites is 1. The fraction of sp³-hybridized carbons (Fsp3) is 0.391. The van der Waals surface area contributed by atoms with Crippen molar-refractivity contribution >= 4 is 62.9 Å². The average Bonchev–Trinajstić information content (AvgIpc) is 3.23. The third-order valence-corrected chi connectivity index (χ3v) is 9.22. The number of carboxylic acids is 1. The molecule has 3 heterocycles. The summed E-state index contributed by atoms with van der Waals surface area (Å²) in [5.74, 6) is -1.32. The Morgan fingerprint density at radius 2 is 2.11 bits per heavy atom. The monoisotopic (exact) mass is 535 g/mol. The second-order valence-electron chi connectivity index (χ2n) is 8.84. The van der Waals surface area contributed by atoms with Gasteiger partial charge in [-0.3, -0.25) is 14.5 Å². The number of fused-ring (bicyclic) bond motifs is 2. The molecule has 2 aliphatic heterocycles. The molecule has 9 nitrogen and oxygen atoms in total. The summed E-state index contributed by atoms with van der Waals surface area (Å²) in [6.07, 6.45) is 3.62. The third kappa shape index (κ3) is 5.72. The molecule has 2 amide bonds. The first kappa shape index (κ1) is 25.7. The Kier molecular flexibility index (Phi) is 7.86. The molecule has 2 aromatic rings. The van der Waals surface area contributed by atoms with Crippen molar-refractivity contribution in [1.29, 1.82) is 0 Å². The predicted octanol–water partition coefficient (Wildman–Crippen LogP) is 1.75. The fourth-order valence-electron chi connectivity index (χ4n) is 3.87. The van der Waals surface area contributed by atoms with Gasteiger partial charge in [-0.1, -0.05) is 30.0 Å². The van der Waals surface area contributed by atoms with Crippen molar-refractivity contribution in [2.45, 2.75) is 15.8 Å². The van der Waals surface area contributed by atoms with E-state index >= 15 is 0 Å². The highest BCUT2D eigenvalue weighted by molar-refractivity contribution is 8.01. The summed E-state index contributed by atoms with van der Waals surface area (Å²) in [6.45, 7) is 1.26. The molecule has 2 aliphatic rings. The number of hydrogen-bond acceptors (Lipinski definition) is 8. The molecule has 1 saturated heterocycles. The van der Waals surface area contributed by atoms with Crippen molar-refractivity contribution in [2.75, 3.05) is 45.3 Å². The van der Waals surface area contributed by atoms with E-state index < -0.39 is 23.3 Å². The van der Waals surface area contributed by atoms with Gasteiger partial charge >= 0.3 is 5.97 Å². The minimum absolute atomic E-state index is 0.0307. The summed E-state index contributed by atoms with van der Waals surface area (Å²) in [5.41, 5.74) is 1.42. The largest absolute Gasteiger partial charge is 0.477 e. The molecule has 12 heteroatoms. The minimum atomic E-state index is -1.16. The van der Waals surface area contributed by atoms with Crippen molar-refractivity contribution in [2.24, 2.45) is 0 Å². The van der Waals surface area contributed by atoms with E-state index in [4.69, 9.17) is 5.11 Å². The van der Waals surface area contributed by atoms with E-state index in [2.05, 4.69) is 10.3 Å². The van der Waals surface area contributed by atoms with Crippen molar-refractivity contribution in [3.05, 3.63) is 47.7 Å². The van der Waals surface area contributed by atoms with Crippen LogP contribution in [0.1, 0.15) is 0 Å². The number of quaternary nitrogens is 1. The molecule has 186 valence electrons.